The van der Waals surface area contributed by atoms with Gasteiger partial charge in [-0.2, -0.15) is 0 Å². The monoisotopic (exact) mass is 267 g/mol. The van der Waals surface area contributed by atoms with Crippen LogP contribution in [-0.2, 0) is 9.59 Å². The predicted molar refractivity (Wildman–Crippen MR) is 62.9 cm³/mol. The van der Waals surface area contributed by atoms with Crippen molar-refractivity contribution >= 4 is 23.2 Å². The number of halogens is 1. The minimum atomic E-state index is -0.820. The van der Waals surface area contributed by atoms with E-state index < -0.39 is 28.4 Å². The third-order valence-electron chi connectivity index (χ3n) is 2.82. The van der Waals surface area contributed by atoms with E-state index in [9.17, 15) is 24.1 Å². The third kappa shape index (κ3) is 2.51. The fourth-order valence-corrected chi connectivity index (χ4v) is 1.83. The molecule has 0 spiro atoms. The van der Waals surface area contributed by atoms with Crippen LogP contribution in [0.5, 0.6) is 0 Å². The van der Waals surface area contributed by atoms with Crippen molar-refractivity contribution in [3.8, 4) is 0 Å². The van der Waals surface area contributed by atoms with E-state index in [-0.39, 0.29) is 18.0 Å². The van der Waals surface area contributed by atoms with Gasteiger partial charge in [-0.25, -0.2) is 4.39 Å². The van der Waals surface area contributed by atoms with Gasteiger partial charge in [0.05, 0.1) is 17.4 Å². The topological polar surface area (TPSA) is 92.6 Å². The molecule has 1 fully saturated rings. The van der Waals surface area contributed by atoms with Gasteiger partial charge in [0.1, 0.15) is 11.9 Å². The molecule has 1 saturated heterocycles. The van der Waals surface area contributed by atoms with Crippen LogP contribution in [0, 0.1) is 15.9 Å². The number of nitro benzene ring substituents is 1. The van der Waals surface area contributed by atoms with E-state index in [4.69, 9.17) is 0 Å². The number of nitrogens with zero attached hydrogens (tertiary/aromatic N) is 2. The molecule has 1 aliphatic heterocycles. The number of imide groups is 1. The Morgan fingerprint density at radius 2 is 2.11 bits per heavy atom. The van der Waals surface area contributed by atoms with Crippen molar-refractivity contribution in [2.75, 3.05) is 12.4 Å². The zero-order valence-corrected chi connectivity index (χ0v) is 9.92. The average molecular weight is 267 g/mol. The average Bonchev–Trinajstić information content (AvgIpc) is 2.56. The summed E-state index contributed by atoms with van der Waals surface area (Å²) in [4.78, 5) is 33.8. The normalized spacial score (nSPS) is 18.8. The summed E-state index contributed by atoms with van der Waals surface area (Å²) in [7, 11) is 1.35. The molecule has 1 atom stereocenters. The summed E-state index contributed by atoms with van der Waals surface area (Å²) in [5.41, 5.74) is -0.333. The second-order valence-electron chi connectivity index (χ2n) is 4.15. The largest absolute Gasteiger partial charge is 0.373 e. The van der Waals surface area contributed by atoms with Gasteiger partial charge in [0.25, 0.3) is 11.6 Å². The maximum absolute atomic E-state index is 13.2. The Hall–Kier alpha value is -2.51. The lowest BCUT2D eigenvalue weighted by atomic mass is 10.2. The standard InChI is InChI=1S/C11H10FN3O4/c1-14-10(16)5-9(11(14)17)13-7-2-6(12)3-8(4-7)15(18)19/h2-4,9,13H,5H2,1H3. The Balaban J connectivity index is 2.22. The predicted octanol–water partition coefficient (Wildman–Crippen LogP) is 0.903. The molecule has 0 aliphatic carbocycles. The number of carbonyl (C=O) groups is 2. The molecular weight excluding hydrogens is 257 g/mol. The number of likely N-dealkylation sites (tertiary alicyclic amines) is 1. The Morgan fingerprint density at radius 1 is 1.42 bits per heavy atom. The molecule has 2 amide bonds. The minimum Gasteiger partial charge on any atom is -0.373 e. The first kappa shape index (κ1) is 12.9. The van der Waals surface area contributed by atoms with Gasteiger partial charge in [-0.05, 0) is 6.07 Å². The van der Waals surface area contributed by atoms with Crippen LogP contribution in [-0.4, -0.2) is 34.7 Å². The van der Waals surface area contributed by atoms with E-state index in [1.807, 2.05) is 0 Å². The number of hydrogen-bond acceptors (Lipinski definition) is 5. The van der Waals surface area contributed by atoms with Crippen LogP contribution in [0.2, 0.25) is 0 Å². The van der Waals surface area contributed by atoms with Crippen molar-refractivity contribution in [1.82, 2.24) is 4.90 Å². The molecule has 2 rings (SSSR count). The van der Waals surface area contributed by atoms with Crippen LogP contribution in [0.1, 0.15) is 6.42 Å². The number of amides is 2. The molecule has 0 saturated carbocycles. The van der Waals surface area contributed by atoms with E-state index in [1.54, 1.807) is 0 Å². The summed E-state index contributed by atoms with van der Waals surface area (Å²) in [5, 5.41) is 13.2. The molecular formula is C11H10FN3O4. The van der Waals surface area contributed by atoms with Gasteiger partial charge < -0.3 is 5.32 Å². The molecule has 1 aromatic rings. The van der Waals surface area contributed by atoms with Crippen LogP contribution >= 0.6 is 0 Å². The fraction of sp³-hybridized carbons (Fsp3) is 0.273. The van der Waals surface area contributed by atoms with Crippen molar-refractivity contribution in [2.45, 2.75) is 12.5 Å². The van der Waals surface area contributed by atoms with Gasteiger partial charge in [-0.1, -0.05) is 0 Å². The molecule has 7 nitrogen and oxygen atoms in total. The van der Waals surface area contributed by atoms with Gasteiger partial charge in [0.15, 0.2) is 0 Å². The lowest BCUT2D eigenvalue weighted by molar-refractivity contribution is -0.385. The third-order valence-corrected chi connectivity index (χ3v) is 2.82. The molecule has 1 heterocycles. The first-order valence-electron chi connectivity index (χ1n) is 5.40. The highest BCUT2D eigenvalue weighted by molar-refractivity contribution is 6.06. The van der Waals surface area contributed by atoms with Crippen LogP contribution < -0.4 is 5.32 Å². The van der Waals surface area contributed by atoms with Gasteiger partial charge in [-0.15, -0.1) is 0 Å². The summed E-state index contributed by atoms with van der Waals surface area (Å²) < 4.78 is 13.2. The summed E-state index contributed by atoms with van der Waals surface area (Å²) in [5.74, 6) is -1.59. The number of rotatable bonds is 3. The highest BCUT2D eigenvalue weighted by atomic mass is 19.1. The van der Waals surface area contributed by atoms with Crippen LogP contribution in [0.25, 0.3) is 0 Å². The number of carbonyl (C=O) groups excluding carboxylic acids is 2. The smallest absolute Gasteiger partial charge is 0.274 e. The van der Waals surface area contributed by atoms with E-state index in [0.717, 1.165) is 23.1 Å². The Kier molecular flexibility index (Phi) is 3.16. The fourth-order valence-electron chi connectivity index (χ4n) is 1.83. The zero-order valence-electron chi connectivity index (χ0n) is 9.92. The van der Waals surface area contributed by atoms with Crippen LogP contribution in [0.3, 0.4) is 0 Å². The zero-order chi connectivity index (χ0) is 14.2. The molecule has 8 heteroatoms. The first-order valence-corrected chi connectivity index (χ1v) is 5.40. The highest BCUT2D eigenvalue weighted by Gasteiger charge is 2.36. The summed E-state index contributed by atoms with van der Waals surface area (Å²) in [6, 6.07) is 2.10. The molecule has 0 aromatic heterocycles. The number of anilines is 1. The second-order valence-corrected chi connectivity index (χ2v) is 4.15. The SMILES string of the molecule is CN1C(=O)CC(Nc2cc(F)cc([N+](=O)[O-])c2)C1=O. The summed E-state index contributed by atoms with van der Waals surface area (Å²) in [6.07, 6.45) is -0.0559. The summed E-state index contributed by atoms with van der Waals surface area (Å²) >= 11 is 0. The number of likely N-dealkylation sites (N-methyl/N-ethyl adjacent to an activating group) is 1. The maximum Gasteiger partial charge on any atom is 0.274 e. The number of nitro groups is 1. The Morgan fingerprint density at radius 3 is 2.63 bits per heavy atom. The molecule has 1 unspecified atom stereocenters. The number of nitrogens with one attached hydrogen (secondary N) is 1. The quantitative estimate of drug-likeness (QED) is 0.499. The van der Waals surface area contributed by atoms with E-state index >= 15 is 0 Å². The van der Waals surface area contributed by atoms with Gasteiger partial charge in [0, 0.05) is 18.8 Å². The van der Waals surface area contributed by atoms with Gasteiger partial charge in [-0.3, -0.25) is 24.6 Å². The van der Waals surface area contributed by atoms with E-state index in [0.29, 0.717) is 0 Å². The molecule has 0 bridgehead atoms. The summed E-state index contributed by atoms with van der Waals surface area (Å²) in [6.45, 7) is 0. The van der Waals surface area contributed by atoms with Crippen LogP contribution in [0.15, 0.2) is 18.2 Å². The molecule has 100 valence electrons. The number of hydrogen-bond donors (Lipinski definition) is 1. The van der Waals surface area contributed by atoms with Crippen molar-refractivity contribution in [2.24, 2.45) is 0 Å². The number of benzene rings is 1. The maximum atomic E-state index is 13.2. The second kappa shape index (κ2) is 4.63. The lowest BCUT2D eigenvalue weighted by Crippen LogP contribution is -2.31. The van der Waals surface area contributed by atoms with Gasteiger partial charge in [0.2, 0.25) is 5.91 Å². The Labute approximate surface area is 107 Å². The van der Waals surface area contributed by atoms with Crippen molar-refractivity contribution in [3.63, 3.8) is 0 Å². The van der Waals surface area contributed by atoms with E-state index in [1.165, 1.54) is 7.05 Å². The molecule has 0 radical (unpaired) electrons. The van der Waals surface area contributed by atoms with Crippen LogP contribution in [0.4, 0.5) is 15.8 Å². The minimum absolute atomic E-state index is 0.0559. The first-order chi connectivity index (χ1) is 8.88. The van der Waals surface area contributed by atoms with Gasteiger partial charge >= 0.3 is 0 Å². The van der Waals surface area contributed by atoms with Crippen molar-refractivity contribution in [1.29, 1.82) is 0 Å². The molecule has 19 heavy (non-hydrogen) atoms. The highest BCUT2D eigenvalue weighted by Crippen LogP contribution is 2.23. The molecule has 1 aromatic carbocycles. The molecule has 1 N–H and O–H groups in total. The molecule has 1 aliphatic rings. The Bertz CT molecular complexity index is 575. The van der Waals surface area contributed by atoms with E-state index in [2.05, 4.69) is 5.32 Å². The lowest BCUT2D eigenvalue weighted by Gasteiger charge is -2.12. The van der Waals surface area contributed by atoms with Crippen molar-refractivity contribution < 1.29 is 18.9 Å². The number of non-ortho nitro benzene ring substituents is 1. The van der Waals surface area contributed by atoms with Crippen molar-refractivity contribution in [3.05, 3.63) is 34.1 Å².